The molecular formula is C24H32N2O4. The standard InChI is InChI=1S/C24H32N2O4/c1-4-24(2,26-12-14-29-15-13-26)18-25-23(27)20-10-11-21(22(16-20)28-3)30-17-19-8-6-5-7-9-19/h5-11,16H,4,12-15,17-18H2,1-3H3,(H,25,27). The minimum absolute atomic E-state index is 0.0950. The Morgan fingerprint density at radius 1 is 1.13 bits per heavy atom. The van der Waals surface area contributed by atoms with Crippen molar-refractivity contribution in [2.24, 2.45) is 0 Å². The van der Waals surface area contributed by atoms with Crippen LogP contribution in [0.25, 0.3) is 0 Å². The molecule has 1 heterocycles. The molecule has 30 heavy (non-hydrogen) atoms. The Labute approximate surface area is 179 Å². The lowest BCUT2D eigenvalue weighted by Gasteiger charge is -2.43. The molecule has 1 aliphatic rings. The van der Waals surface area contributed by atoms with Crippen molar-refractivity contribution >= 4 is 5.91 Å². The van der Waals surface area contributed by atoms with E-state index in [1.165, 1.54) is 0 Å². The molecule has 0 bridgehead atoms. The number of carbonyl (C=O) groups excluding carboxylic acids is 1. The maximum absolute atomic E-state index is 12.8. The van der Waals surface area contributed by atoms with Crippen molar-refractivity contribution in [2.75, 3.05) is 40.0 Å². The predicted molar refractivity (Wildman–Crippen MR) is 117 cm³/mol. The molecule has 0 saturated carbocycles. The minimum Gasteiger partial charge on any atom is -0.493 e. The topological polar surface area (TPSA) is 60.0 Å². The molecular weight excluding hydrogens is 380 g/mol. The zero-order valence-corrected chi connectivity index (χ0v) is 18.1. The van der Waals surface area contributed by atoms with E-state index in [-0.39, 0.29) is 11.4 Å². The molecule has 1 amide bonds. The first-order valence-electron chi connectivity index (χ1n) is 10.5. The van der Waals surface area contributed by atoms with Crippen LogP contribution in [0.3, 0.4) is 0 Å². The van der Waals surface area contributed by atoms with Gasteiger partial charge in [-0.05, 0) is 37.1 Å². The number of nitrogens with one attached hydrogen (secondary N) is 1. The van der Waals surface area contributed by atoms with Crippen molar-refractivity contribution in [1.82, 2.24) is 10.2 Å². The van der Waals surface area contributed by atoms with E-state index < -0.39 is 0 Å². The van der Waals surface area contributed by atoms with Gasteiger partial charge in [-0.3, -0.25) is 9.69 Å². The van der Waals surface area contributed by atoms with Crippen LogP contribution in [0, 0.1) is 0 Å². The van der Waals surface area contributed by atoms with Gasteiger partial charge >= 0.3 is 0 Å². The van der Waals surface area contributed by atoms with Gasteiger partial charge in [-0.15, -0.1) is 0 Å². The number of hydrogen-bond donors (Lipinski definition) is 1. The van der Waals surface area contributed by atoms with Crippen molar-refractivity contribution in [3.05, 3.63) is 59.7 Å². The van der Waals surface area contributed by atoms with Crippen LogP contribution in [0.5, 0.6) is 11.5 Å². The highest BCUT2D eigenvalue weighted by atomic mass is 16.5. The fourth-order valence-electron chi connectivity index (χ4n) is 3.60. The van der Waals surface area contributed by atoms with Gasteiger partial charge in [-0.25, -0.2) is 0 Å². The second kappa shape index (κ2) is 10.5. The Bertz CT molecular complexity index is 821. The van der Waals surface area contributed by atoms with Crippen molar-refractivity contribution in [2.45, 2.75) is 32.4 Å². The first-order valence-corrected chi connectivity index (χ1v) is 10.5. The third-order valence-corrected chi connectivity index (χ3v) is 5.83. The minimum atomic E-state index is -0.115. The molecule has 6 nitrogen and oxygen atoms in total. The van der Waals surface area contributed by atoms with Crippen molar-refractivity contribution in [3.8, 4) is 11.5 Å². The summed E-state index contributed by atoms with van der Waals surface area (Å²) in [5.74, 6) is 1.05. The maximum atomic E-state index is 12.8. The number of rotatable bonds is 9. The number of morpholine rings is 1. The summed E-state index contributed by atoms with van der Waals surface area (Å²) in [4.78, 5) is 15.2. The molecule has 0 spiro atoms. The zero-order valence-electron chi connectivity index (χ0n) is 18.1. The number of nitrogens with zero attached hydrogens (tertiary/aromatic N) is 1. The van der Waals surface area contributed by atoms with E-state index in [9.17, 15) is 4.79 Å². The van der Waals surface area contributed by atoms with Gasteiger partial charge in [0.15, 0.2) is 11.5 Å². The smallest absolute Gasteiger partial charge is 0.251 e. The van der Waals surface area contributed by atoms with Crippen LogP contribution >= 0.6 is 0 Å². The van der Waals surface area contributed by atoms with E-state index in [4.69, 9.17) is 14.2 Å². The molecule has 1 saturated heterocycles. The quantitative estimate of drug-likeness (QED) is 0.683. The molecule has 162 valence electrons. The predicted octanol–water partition coefficient (Wildman–Crippen LogP) is 3.50. The fraction of sp³-hybridized carbons (Fsp3) is 0.458. The monoisotopic (exact) mass is 412 g/mol. The molecule has 1 N–H and O–H groups in total. The second-order valence-electron chi connectivity index (χ2n) is 7.77. The summed E-state index contributed by atoms with van der Waals surface area (Å²) in [7, 11) is 1.58. The lowest BCUT2D eigenvalue weighted by atomic mass is 9.95. The third kappa shape index (κ3) is 5.52. The van der Waals surface area contributed by atoms with Crippen molar-refractivity contribution < 1.29 is 19.0 Å². The van der Waals surface area contributed by atoms with E-state index in [0.717, 1.165) is 38.3 Å². The molecule has 6 heteroatoms. The van der Waals surface area contributed by atoms with Crippen LogP contribution in [0.4, 0.5) is 0 Å². The van der Waals surface area contributed by atoms with E-state index in [2.05, 4.69) is 24.1 Å². The third-order valence-electron chi connectivity index (χ3n) is 5.83. The van der Waals surface area contributed by atoms with Gasteiger partial charge in [0.1, 0.15) is 6.61 Å². The number of amides is 1. The van der Waals surface area contributed by atoms with Crippen molar-refractivity contribution in [1.29, 1.82) is 0 Å². The molecule has 0 radical (unpaired) electrons. The van der Waals surface area contributed by atoms with Gasteiger partial charge in [0.2, 0.25) is 0 Å². The fourth-order valence-corrected chi connectivity index (χ4v) is 3.60. The Morgan fingerprint density at radius 3 is 2.53 bits per heavy atom. The zero-order chi connectivity index (χ0) is 21.4. The number of ether oxygens (including phenoxy) is 3. The molecule has 0 aliphatic carbocycles. The van der Waals surface area contributed by atoms with Crippen LogP contribution < -0.4 is 14.8 Å². The molecule has 1 aliphatic heterocycles. The second-order valence-corrected chi connectivity index (χ2v) is 7.77. The van der Waals surface area contributed by atoms with Crippen LogP contribution in [0.15, 0.2) is 48.5 Å². The highest BCUT2D eigenvalue weighted by molar-refractivity contribution is 5.94. The average Bonchev–Trinajstić information content (AvgIpc) is 2.82. The maximum Gasteiger partial charge on any atom is 0.251 e. The number of methoxy groups -OCH3 is 1. The summed E-state index contributed by atoms with van der Waals surface area (Å²) in [6, 6.07) is 15.2. The van der Waals surface area contributed by atoms with E-state index in [1.807, 2.05) is 30.3 Å². The Morgan fingerprint density at radius 2 is 1.87 bits per heavy atom. The number of benzene rings is 2. The van der Waals surface area contributed by atoms with Gasteiger partial charge in [-0.2, -0.15) is 0 Å². The van der Waals surface area contributed by atoms with Crippen LogP contribution in [0.1, 0.15) is 36.2 Å². The summed E-state index contributed by atoms with van der Waals surface area (Å²) < 4.78 is 16.8. The lowest BCUT2D eigenvalue weighted by molar-refractivity contribution is -0.0169. The largest absolute Gasteiger partial charge is 0.493 e. The van der Waals surface area contributed by atoms with Gasteiger partial charge in [-0.1, -0.05) is 37.3 Å². The Balaban J connectivity index is 1.62. The van der Waals surface area contributed by atoms with Crippen LogP contribution in [-0.4, -0.2) is 56.3 Å². The molecule has 1 unspecified atom stereocenters. The summed E-state index contributed by atoms with van der Waals surface area (Å²) in [5.41, 5.74) is 1.53. The first-order chi connectivity index (χ1) is 14.6. The van der Waals surface area contributed by atoms with Gasteiger partial charge in [0.05, 0.1) is 20.3 Å². The van der Waals surface area contributed by atoms with Crippen LogP contribution in [0.2, 0.25) is 0 Å². The molecule has 0 aromatic heterocycles. The van der Waals surface area contributed by atoms with Gasteiger partial charge in [0.25, 0.3) is 5.91 Å². The Hall–Kier alpha value is -2.57. The van der Waals surface area contributed by atoms with E-state index in [1.54, 1.807) is 25.3 Å². The lowest BCUT2D eigenvalue weighted by Crippen LogP contribution is -2.56. The first kappa shape index (κ1) is 22.1. The molecule has 1 fully saturated rings. The van der Waals surface area contributed by atoms with Gasteiger partial charge in [0, 0.05) is 30.7 Å². The molecule has 2 aromatic rings. The van der Waals surface area contributed by atoms with E-state index in [0.29, 0.717) is 30.2 Å². The molecule has 1 atom stereocenters. The summed E-state index contributed by atoms with van der Waals surface area (Å²) in [5, 5.41) is 3.10. The van der Waals surface area contributed by atoms with Crippen LogP contribution in [-0.2, 0) is 11.3 Å². The summed E-state index contributed by atoms with van der Waals surface area (Å²) in [6.45, 7) is 8.64. The number of carbonyl (C=O) groups is 1. The highest BCUT2D eigenvalue weighted by Gasteiger charge is 2.31. The van der Waals surface area contributed by atoms with Gasteiger partial charge < -0.3 is 19.5 Å². The van der Waals surface area contributed by atoms with Crippen molar-refractivity contribution in [3.63, 3.8) is 0 Å². The Kier molecular flexibility index (Phi) is 7.71. The summed E-state index contributed by atoms with van der Waals surface area (Å²) in [6.07, 6.45) is 0.947. The number of hydrogen-bond acceptors (Lipinski definition) is 5. The SMILES string of the molecule is CCC(C)(CNC(=O)c1ccc(OCc2ccccc2)c(OC)c1)N1CCOCC1. The normalized spacial score (nSPS) is 16.5. The highest BCUT2D eigenvalue weighted by Crippen LogP contribution is 2.29. The van der Waals surface area contributed by atoms with E-state index >= 15 is 0 Å². The average molecular weight is 413 g/mol. The molecule has 2 aromatic carbocycles. The summed E-state index contributed by atoms with van der Waals surface area (Å²) >= 11 is 0. The molecule has 3 rings (SSSR count).